The van der Waals surface area contributed by atoms with Gasteiger partial charge in [-0.05, 0) is 33.5 Å². The second-order valence-corrected chi connectivity index (χ2v) is 5.51. The molecule has 0 radical (unpaired) electrons. The molecule has 0 rings (SSSR count). The van der Waals surface area contributed by atoms with Gasteiger partial charge in [0.15, 0.2) is 0 Å². The molecule has 0 aromatic heterocycles. The molecule has 0 fully saturated rings. The quantitative estimate of drug-likeness (QED) is 0.345. The Morgan fingerprint density at radius 2 is 1.75 bits per heavy atom. The molecule has 0 bridgehead atoms. The lowest BCUT2D eigenvalue weighted by Crippen LogP contribution is -2.42. The summed E-state index contributed by atoms with van der Waals surface area (Å²) in [5, 5.41) is 2.64. The minimum atomic E-state index is -0.643. The Kier molecular flexibility index (Phi) is 11.6. The van der Waals surface area contributed by atoms with Crippen LogP contribution in [0.15, 0.2) is 0 Å². The van der Waals surface area contributed by atoms with Gasteiger partial charge in [0.05, 0.1) is 7.11 Å². The SMILES string of the molecule is COC(=O)C(CS)NC(=O)CCCCCCCN(C)C. The summed E-state index contributed by atoms with van der Waals surface area (Å²) in [6, 6.07) is -0.643. The maximum absolute atomic E-state index is 11.7. The predicted octanol–water partition coefficient (Wildman–Crippen LogP) is 1.48. The van der Waals surface area contributed by atoms with Gasteiger partial charge in [-0.15, -0.1) is 0 Å². The van der Waals surface area contributed by atoms with Gasteiger partial charge in [0.2, 0.25) is 5.91 Å². The third-order valence-corrected chi connectivity index (χ3v) is 3.38. The molecule has 0 aromatic rings. The van der Waals surface area contributed by atoms with E-state index in [1.54, 1.807) is 0 Å². The predicted molar refractivity (Wildman–Crippen MR) is 84.1 cm³/mol. The molecule has 5 nitrogen and oxygen atoms in total. The normalized spacial score (nSPS) is 12.2. The number of nitrogens with zero attached hydrogens (tertiary/aromatic N) is 1. The van der Waals surface area contributed by atoms with Gasteiger partial charge in [-0.2, -0.15) is 12.6 Å². The molecular weight excluding hydrogens is 276 g/mol. The highest BCUT2D eigenvalue weighted by atomic mass is 32.1. The number of carbonyl (C=O) groups excluding carboxylic acids is 2. The van der Waals surface area contributed by atoms with Crippen LogP contribution >= 0.6 is 12.6 Å². The molecule has 0 aliphatic heterocycles. The number of nitrogens with one attached hydrogen (secondary N) is 1. The van der Waals surface area contributed by atoms with Crippen LogP contribution in [0.1, 0.15) is 38.5 Å². The lowest BCUT2D eigenvalue weighted by Gasteiger charge is -2.13. The molecule has 20 heavy (non-hydrogen) atoms. The Morgan fingerprint density at radius 1 is 1.15 bits per heavy atom. The van der Waals surface area contributed by atoms with Crippen molar-refractivity contribution in [2.45, 2.75) is 44.6 Å². The van der Waals surface area contributed by atoms with E-state index >= 15 is 0 Å². The number of carbonyl (C=O) groups is 2. The first-order valence-corrected chi connectivity index (χ1v) is 7.77. The standard InChI is InChI=1S/C14H28N2O3S/c1-16(2)10-8-6-4-5-7-9-13(17)15-12(11-20)14(18)19-3/h12,20H,4-11H2,1-3H3,(H,15,17). The number of hydrogen-bond donors (Lipinski definition) is 2. The third-order valence-electron chi connectivity index (χ3n) is 3.01. The van der Waals surface area contributed by atoms with Gasteiger partial charge < -0.3 is 15.0 Å². The Labute approximate surface area is 127 Å². The van der Waals surface area contributed by atoms with E-state index in [1.165, 1.54) is 20.0 Å². The van der Waals surface area contributed by atoms with Crippen LogP contribution in [0.25, 0.3) is 0 Å². The summed E-state index contributed by atoms with van der Waals surface area (Å²) >= 11 is 4.03. The molecule has 1 unspecified atom stereocenters. The highest BCUT2D eigenvalue weighted by molar-refractivity contribution is 7.80. The van der Waals surface area contributed by atoms with E-state index in [-0.39, 0.29) is 11.7 Å². The minimum Gasteiger partial charge on any atom is -0.467 e. The van der Waals surface area contributed by atoms with Crippen LogP contribution in [0.4, 0.5) is 0 Å². The number of ether oxygens (including phenoxy) is 1. The van der Waals surface area contributed by atoms with E-state index in [9.17, 15) is 9.59 Å². The average Bonchev–Trinajstić information content (AvgIpc) is 2.42. The Balaban J connectivity index is 3.60. The second kappa shape index (κ2) is 12.0. The molecule has 0 aliphatic carbocycles. The fraction of sp³-hybridized carbons (Fsp3) is 0.857. The molecule has 1 amide bonds. The summed E-state index contributed by atoms with van der Waals surface area (Å²) < 4.78 is 4.59. The van der Waals surface area contributed by atoms with Crippen LogP contribution in [0, 0.1) is 0 Å². The largest absolute Gasteiger partial charge is 0.467 e. The number of thiol groups is 1. The monoisotopic (exact) mass is 304 g/mol. The third kappa shape index (κ3) is 10.1. The van der Waals surface area contributed by atoms with Crippen molar-refractivity contribution < 1.29 is 14.3 Å². The van der Waals surface area contributed by atoms with Crippen LogP contribution in [0.3, 0.4) is 0 Å². The van der Waals surface area contributed by atoms with E-state index in [4.69, 9.17) is 0 Å². The number of methoxy groups -OCH3 is 1. The number of hydrogen-bond acceptors (Lipinski definition) is 5. The fourth-order valence-electron chi connectivity index (χ4n) is 1.83. The molecule has 1 atom stereocenters. The molecule has 0 heterocycles. The lowest BCUT2D eigenvalue weighted by atomic mass is 10.1. The summed E-state index contributed by atoms with van der Waals surface area (Å²) in [5.74, 6) is -0.303. The van der Waals surface area contributed by atoms with Crippen molar-refractivity contribution in [3.8, 4) is 0 Å². The van der Waals surface area contributed by atoms with Gasteiger partial charge in [0, 0.05) is 12.2 Å². The first-order valence-electron chi connectivity index (χ1n) is 7.14. The van der Waals surface area contributed by atoms with E-state index in [2.05, 4.69) is 41.7 Å². The summed E-state index contributed by atoms with van der Waals surface area (Å²) in [4.78, 5) is 25.1. The van der Waals surface area contributed by atoms with Crippen molar-refractivity contribution in [2.75, 3.05) is 33.5 Å². The van der Waals surface area contributed by atoms with Crippen molar-refractivity contribution in [2.24, 2.45) is 0 Å². The zero-order chi connectivity index (χ0) is 15.4. The van der Waals surface area contributed by atoms with Crippen LogP contribution in [-0.4, -0.2) is 56.3 Å². The first kappa shape index (κ1) is 19.2. The zero-order valence-electron chi connectivity index (χ0n) is 12.9. The van der Waals surface area contributed by atoms with Gasteiger partial charge in [0.1, 0.15) is 6.04 Å². The van der Waals surface area contributed by atoms with Gasteiger partial charge >= 0.3 is 5.97 Å². The van der Waals surface area contributed by atoms with Crippen LogP contribution in [0.2, 0.25) is 0 Å². The molecule has 6 heteroatoms. The fourth-order valence-corrected chi connectivity index (χ4v) is 2.07. The topological polar surface area (TPSA) is 58.6 Å². The van der Waals surface area contributed by atoms with Gasteiger partial charge in [-0.3, -0.25) is 4.79 Å². The smallest absolute Gasteiger partial charge is 0.329 e. The van der Waals surface area contributed by atoms with Crippen molar-refractivity contribution in [3.05, 3.63) is 0 Å². The molecule has 0 saturated heterocycles. The number of rotatable bonds is 11. The van der Waals surface area contributed by atoms with Crippen molar-refractivity contribution >= 4 is 24.5 Å². The van der Waals surface area contributed by atoms with Crippen LogP contribution in [0.5, 0.6) is 0 Å². The maximum atomic E-state index is 11.7. The molecule has 0 saturated carbocycles. The zero-order valence-corrected chi connectivity index (χ0v) is 13.7. The average molecular weight is 304 g/mol. The van der Waals surface area contributed by atoms with Gasteiger partial charge in [0.25, 0.3) is 0 Å². The lowest BCUT2D eigenvalue weighted by molar-refractivity contribution is -0.144. The first-order chi connectivity index (χ1) is 9.51. The molecule has 0 aromatic carbocycles. The van der Waals surface area contributed by atoms with Crippen LogP contribution < -0.4 is 5.32 Å². The number of unbranched alkanes of at least 4 members (excludes halogenated alkanes) is 4. The Bertz CT molecular complexity index is 286. The Morgan fingerprint density at radius 3 is 2.30 bits per heavy atom. The van der Waals surface area contributed by atoms with Crippen molar-refractivity contribution in [3.63, 3.8) is 0 Å². The minimum absolute atomic E-state index is 0.109. The van der Waals surface area contributed by atoms with Crippen molar-refractivity contribution in [1.29, 1.82) is 0 Å². The van der Waals surface area contributed by atoms with Crippen LogP contribution in [-0.2, 0) is 14.3 Å². The molecule has 0 spiro atoms. The summed E-state index contributed by atoms with van der Waals surface area (Å²) in [6.07, 6.45) is 5.90. The molecule has 118 valence electrons. The number of esters is 1. The van der Waals surface area contributed by atoms with E-state index in [0.717, 1.165) is 25.8 Å². The highest BCUT2D eigenvalue weighted by Gasteiger charge is 2.19. The van der Waals surface area contributed by atoms with Crippen molar-refractivity contribution in [1.82, 2.24) is 10.2 Å². The molecule has 1 N–H and O–H groups in total. The van der Waals surface area contributed by atoms with Gasteiger partial charge in [-0.25, -0.2) is 4.79 Å². The molecular formula is C14H28N2O3S. The Hall–Kier alpha value is -0.750. The summed E-state index contributed by atoms with van der Waals surface area (Å²) in [5.41, 5.74) is 0. The van der Waals surface area contributed by atoms with E-state index < -0.39 is 12.0 Å². The second-order valence-electron chi connectivity index (χ2n) is 5.15. The maximum Gasteiger partial charge on any atom is 0.329 e. The molecule has 0 aliphatic rings. The van der Waals surface area contributed by atoms with Gasteiger partial charge in [-0.1, -0.05) is 19.3 Å². The van der Waals surface area contributed by atoms with E-state index in [1.807, 2.05) is 0 Å². The number of amides is 1. The van der Waals surface area contributed by atoms with E-state index in [0.29, 0.717) is 6.42 Å². The highest BCUT2D eigenvalue weighted by Crippen LogP contribution is 2.06. The summed E-state index contributed by atoms with van der Waals surface area (Å²) in [7, 11) is 5.45. The summed E-state index contributed by atoms with van der Waals surface area (Å²) in [6.45, 7) is 1.11.